The van der Waals surface area contributed by atoms with Crippen LogP contribution in [0.2, 0.25) is 0 Å². The molecule has 0 N–H and O–H groups in total. The van der Waals surface area contributed by atoms with Crippen LogP contribution in [-0.2, 0) is 20.7 Å². The summed E-state index contributed by atoms with van der Waals surface area (Å²) in [6.07, 6.45) is 6.53. The van der Waals surface area contributed by atoms with Crippen LogP contribution in [0.25, 0.3) is 0 Å². The number of carbonyl (C=O) groups excluding carboxylic acids is 4. The molecule has 7 rings (SSSR count). The third-order valence-electron chi connectivity index (χ3n) is 8.66. The summed E-state index contributed by atoms with van der Waals surface area (Å²) >= 11 is 0. The van der Waals surface area contributed by atoms with Gasteiger partial charge in [0.15, 0.2) is 12.4 Å². The van der Waals surface area contributed by atoms with E-state index in [2.05, 4.69) is 0 Å². The zero-order valence-electron chi connectivity index (χ0n) is 19.7. The molecule has 180 valence electrons. The summed E-state index contributed by atoms with van der Waals surface area (Å²) in [5.41, 5.74) is 1.01. The van der Waals surface area contributed by atoms with Crippen LogP contribution in [-0.4, -0.2) is 41.1 Å². The lowest BCUT2D eigenvalue weighted by molar-refractivity contribution is -0.160. The largest absolute Gasteiger partial charge is 0.456 e. The molecule has 2 aromatic rings. The van der Waals surface area contributed by atoms with Crippen molar-refractivity contribution in [1.82, 2.24) is 4.90 Å². The molecule has 0 radical (unpaired) electrons. The van der Waals surface area contributed by atoms with Gasteiger partial charge in [0.1, 0.15) is 6.04 Å². The Labute approximate surface area is 204 Å². The van der Waals surface area contributed by atoms with Crippen LogP contribution in [0.4, 0.5) is 0 Å². The predicted molar refractivity (Wildman–Crippen MR) is 127 cm³/mol. The van der Waals surface area contributed by atoms with E-state index in [4.69, 9.17) is 4.74 Å². The molecule has 4 fully saturated rings. The molecule has 4 aliphatic carbocycles. The van der Waals surface area contributed by atoms with Gasteiger partial charge in [0, 0.05) is 11.8 Å². The number of ether oxygens (including phenoxy) is 1. The number of Topliss-reactive ketones (excluding diaryl/α,β-unsaturated/α-hetero) is 1. The van der Waals surface area contributed by atoms with Gasteiger partial charge in [-0.15, -0.1) is 0 Å². The molecule has 0 saturated heterocycles. The van der Waals surface area contributed by atoms with E-state index in [0.29, 0.717) is 17.8 Å². The maximum Gasteiger partial charge on any atom is 0.330 e. The molecule has 1 heterocycles. The molecule has 5 aliphatic rings. The van der Waals surface area contributed by atoms with Crippen LogP contribution in [0.3, 0.4) is 0 Å². The van der Waals surface area contributed by atoms with Crippen LogP contribution < -0.4 is 0 Å². The Bertz CT molecular complexity index is 1130. The maximum atomic E-state index is 13.4. The van der Waals surface area contributed by atoms with E-state index in [1.54, 1.807) is 24.3 Å². The van der Waals surface area contributed by atoms with Gasteiger partial charge in [0.05, 0.1) is 11.1 Å². The van der Waals surface area contributed by atoms with Gasteiger partial charge in [-0.3, -0.25) is 19.3 Å². The lowest BCUT2D eigenvalue weighted by Gasteiger charge is -2.55. The van der Waals surface area contributed by atoms with Crippen molar-refractivity contribution < 1.29 is 23.9 Å². The minimum Gasteiger partial charge on any atom is -0.456 e. The molecule has 0 unspecified atom stereocenters. The molecule has 1 atom stereocenters. The smallest absolute Gasteiger partial charge is 0.330 e. The lowest BCUT2D eigenvalue weighted by atomic mass is 9.48. The second-order valence-corrected chi connectivity index (χ2v) is 11.0. The SMILES string of the molecule is O=C(OCC(=O)C12CC3CC(CC(C3)C1)C2)[C@H](Cc1ccccc1)N1C(=O)c2ccccc2C1=O. The van der Waals surface area contributed by atoms with Crippen molar-refractivity contribution in [2.24, 2.45) is 23.2 Å². The summed E-state index contributed by atoms with van der Waals surface area (Å²) < 4.78 is 5.60. The Kier molecular flexibility index (Phi) is 5.35. The average molecular weight is 472 g/mol. The van der Waals surface area contributed by atoms with Gasteiger partial charge >= 0.3 is 5.97 Å². The number of fused-ring (bicyclic) bond motifs is 1. The second kappa shape index (κ2) is 8.43. The van der Waals surface area contributed by atoms with Crippen LogP contribution in [0, 0.1) is 23.2 Å². The summed E-state index contributed by atoms with van der Waals surface area (Å²) in [7, 11) is 0. The molecule has 0 spiro atoms. The number of nitrogens with zero attached hydrogens (tertiary/aromatic N) is 1. The topological polar surface area (TPSA) is 80.8 Å². The van der Waals surface area contributed by atoms with E-state index in [0.717, 1.165) is 29.7 Å². The third-order valence-corrected chi connectivity index (χ3v) is 8.66. The summed E-state index contributed by atoms with van der Waals surface area (Å²) in [6.45, 7) is -0.292. The Balaban J connectivity index is 1.22. The van der Waals surface area contributed by atoms with Gasteiger partial charge in [-0.2, -0.15) is 0 Å². The van der Waals surface area contributed by atoms with E-state index in [9.17, 15) is 19.2 Å². The van der Waals surface area contributed by atoms with Crippen LogP contribution in [0.15, 0.2) is 54.6 Å². The van der Waals surface area contributed by atoms with Crippen molar-refractivity contribution >= 4 is 23.6 Å². The molecule has 4 saturated carbocycles. The Morgan fingerprint density at radius 3 is 1.89 bits per heavy atom. The Morgan fingerprint density at radius 2 is 1.34 bits per heavy atom. The van der Waals surface area contributed by atoms with Gasteiger partial charge in [-0.25, -0.2) is 4.79 Å². The molecular formula is C29H29NO5. The average Bonchev–Trinajstić information content (AvgIpc) is 3.10. The van der Waals surface area contributed by atoms with Crippen LogP contribution in [0.1, 0.15) is 64.8 Å². The molecule has 1 aliphatic heterocycles. The molecule has 2 amide bonds. The molecule has 0 aromatic heterocycles. The zero-order chi connectivity index (χ0) is 24.2. The number of esters is 1. The predicted octanol–water partition coefficient (Wildman–Crippen LogP) is 4.22. The van der Waals surface area contributed by atoms with Crippen molar-refractivity contribution in [2.45, 2.75) is 51.0 Å². The minimum absolute atomic E-state index is 0.00534. The molecule has 2 aromatic carbocycles. The van der Waals surface area contributed by atoms with E-state index in [-0.39, 0.29) is 35.4 Å². The standard InChI is InChI=1S/C29H29NO5/c31-25(29-14-19-10-20(15-29)12-21(11-19)16-29)17-35-28(34)24(13-18-6-2-1-3-7-18)30-26(32)22-8-4-5-9-23(22)27(30)33/h1-9,19-21,24H,10-17H2/t19?,20?,21?,24-,29?/m0/s1. The summed E-state index contributed by atoms with van der Waals surface area (Å²) in [4.78, 5) is 54.1. The van der Waals surface area contributed by atoms with Crippen LogP contribution in [0.5, 0.6) is 0 Å². The Hall–Kier alpha value is -3.28. The van der Waals surface area contributed by atoms with Gasteiger partial charge in [0.2, 0.25) is 0 Å². The summed E-state index contributed by atoms with van der Waals surface area (Å²) in [6, 6.07) is 14.7. The molecule has 35 heavy (non-hydrogen) atoms. The fourth-order valence-electron chi connectivity index (χ4n) is 7.45. The summed E-state index contributed by atoms with van der Waals surface area (Å²) in [5, 5.41) is 0. The number of carbonyl (C=O) groups is 4. The van der Waals surface area contributed by atoms with Crippen molar-refractivity contribution in [1.29, 1.82) is 0 Å². The highest BCUT2D eigenvalue weighted by atomic mass is 16.5. The zero-order valence-corrected chi connectivity index (χ0v) is 19.7. The van der Waals surface area contributed by atoms with Crippen LogP contribution >= 0.6 is 0 Å². The van der Waals surface area contributed by atoms with Crippen molar-refractivity contribution in [3.63, 3.8) is 0 Å². The second-order valence-electron chi connectivity index (χ2n) is 11.0. The van der Waals surface area contributed by atoms with Crippen molar-refractivity contribution in [3.8, 4) is 0 Å². The Morgan fingerprint density at radius 1 is 0.829 bits per heavy atom. The highest BCUT2D eigenvalue weighted by Crippen LogP contribution is 2.60. The normalized spacial score (nSPS) is 29.3. The first kappa shape index (κ1) is 22.2. The molecular weight excluding hydrogens is 442 g/mol. The van der Waals surface area contributed by atoms with E-state index < -0.39 is 23.8 Å². The highest BCUT2D eigenvalue weighted by Gasteiger charge is 2.54. The maximum absolute atomic E-state index is 13.4. The fraction of sp³-hybridized carbons (Fsp3) is 0.448. The number of hydrogen-bond donors (Lipinski definition) is 0. The van der Waals surface area contributed by atoms with Gasteiger partial charge < -0.3 is 4.74 Å². The highest BCUT2D eigenvalue weighted by molar-refractivity contribution is 6.22. The van der Waals surface area contributed by atoms with Crippen molar-refractivity contribution in [3.05, 3.63) is 71.3 Å². The van der Waals surface area contributed by atoms with E-state index in [1.807, 2.05) is 30.3 Å². The van der Waals surface area contributed by atoms with Crippen molar-refractivity contribution in [2.75, 3.05) is 6.61 Å². The van der Waals surface area contributed by atoms with E-state index in [1.165, 1.54) is 19.3 Å². The fourth-order valence-corrected chi connectivity index (χ4v) is 7.45. The molecule has 4 bridgehead atoms. The first-order valence-electron chi connectivity index (χ1n) is 12.6. The summed E-state index contributed by atoms with van der Waals surface area (Å²) in [5.74, 6) is 0.138. The van der Waals surface area contributed by atoms with Gasteiger partial charge in [-0.05, 0) is 74.0 Å². The van der Waals surface area contributed by atoms with Gasteiger partial charge in [-0.1, -0.05) is 42.5 Å². The van der Waals surface area contributed by atoms with Gasteiger partial charge in [0.25, 0.3) is 11.8 Å². The minimum atomic E-state index is -1.13. The first-order chi connectivity index (χ1) is 16.9. The number of benzene rings is 2. The monoisotopic (exact) mass is 471 g/mol. The quantitative estimate of drug-likeness (QED) is 0.446. The molecule has 6 heteroatoms. The number of hydrogen-bond acceptors (Lipinski definition) is 5. The third kappa shape index (κ3) is 3.79. The number of imide groups is 1. The number of rotatable bonds is 7. The van der Waals surface area contributed by atoms with E-state index >= 15 is 0 Å². The first-order valence-corrected chi connectivity index (χ1v) is 12.6. The number of amides is 2. The lowest BCUT2D eigenvalue weighted by Crippen LogP contribution is -2.52. The number of ketones is 1. The molecule has 6 nitrogen and oxygen atoms in total.